The van der Waals surface area contributed by atoms with Crippen LogP contribution in [-0.4, -0.2) is 20.4 Å². The van der Waals surface area contributed by atoms with Gasteiger partial charge >= 0.3 is 0 Å². The predicted octanol–water partition coefficient (Wildman–Crippen LogP) is 2.17. The van der Waals surface area contributed by atoms with Gasteiger partial charge in [0.15, 0.2) is 5.15 Å². The van der Waals surface area contributed by atoms with E-state index in [0.717, 1.165) is 5.69 Å². The van der Waals surface area contributed by atoms with E-state index < -0.39 is 0 Å². The fourth-order valence-corrected chi connectivity index (χ4v) is 1.80. The van der Waals surface area contributed by atoms with Gasteiger partial charge in [-0.15, -0.1) is 5.10 Å². The van der Waals surface area contributed by atoms with Crippen molar-refractivity contribution in [3.05, 3.63) is 28.3 Å². The summed E-state index contributed by atoms with van der Waals surface area (Å²) in [6.07, 6.45) is 0.303. The Kier molecular flexibility index (Phi) is 2.63. The van der Waals surface area contributed by atoms with Crippen LogP contribution in [0.3, 0.4) is 0 Å². The zero-order valence-electron chi connectivity index (χ0n) is 7.87. The first-order valence-electron chi connectivity index (χ1n) is 4.27. The number of aromatic nitrogens is 3. The lowest BCUT2D eigenvalue weighted by Crippen LogP contribution is -2.04. The Morgan fingerprint density at radius 2 is 2.20 bits per heavy atom. The highest BCUT2D eigenvalue weighted by atomic mass is 35.5. The number of Topliss-reactive ketones (excluding diaryl/α,β-unsaturated/α-hetero) is 1. The van der Waals surface area contributed by atoms with Crippen molar-refractivity contribution in [2.75, 3.05) is 0 Å². The number of nitrogens with zero attached hydrogens (tertiary/aromatic N) is 3. The summed E-state index contributed by atoms with van der Waals surface area (Å²) in [4.78, 5) is 14.8. The van der Waals surface area contributed by atoms with E-state index in [1.165, 1.54) is 6.92 Å². The highest BCUT2D eigenvalue weighted by Crippen LogP contribution is 2.19. The van der Waals surface area contributed by atoms with Crippen molar-refractivity contribution in [1.82, 2.24) is 14.6 Å². The lowest BCUT2D eigenvalue weighted by atomic mass is 10.2. The molecule has 0 N–H and O–H groups in total. The third kappa shape index (κ3) is 1.96. The number of carbonyl (C=O) groups excluding carboxylic acids is 1. The van der Waals surface area contributed by atoms with Crippen LogP contribution in [0.5, 0.6) is 0 Å². The molecule has 0 saturated heterocycles. The maximum absolute atomic E-state index is 11.0. The molecule has 0 unspecified atom stereocenters. The number of ketones is 1. The van der Waals surface area contributed by atoms with E-state index in [-0.39, 0.29) is 16.2 Å². The first-order valence-corrected chi connectivity index (χ1v) is 5.02. The molecule has 2 rings (SSSR count). The van der Waals surface area contributed by atoms with Crippen LogP contribution in [0.25, 0.3) is 5.52 Å². The highest BCUT2D eigenvalue weighted by Gasteiger charge is 2.10. The number of hydrogen-bond acceptors (Lipinski definition) is 3. The summed E-state index contributed by atoms with van der Waals surface area (Å²) in [5.74, 6) is 0.0563. The smallest absolute Gasteiger partial charge is 0.242 e. The Balaban J connectivity index is 2.63. The zero-order valence-corrected chi connectivity index (χ0v) is 9.38. The zero-order chi connectivity index (χ0) is 11.0. The molecule has 0 aliphatic heterocycles. The Hall–Kier alpha value is -1.13. The molecule has 0 fully saturated rings. The number of carbonyl (C=O) groups is 1. The van der Waals surface area contributed by atoms with Gasteiger partial charge in [-0.25, -0.2) is 9.50 Å². The van der Waals surface area contributed by atoms with Crippen LogP contribution in [0.15, 0.2) is 12.1 Å². The quantitative estimate of drug-likeness (QED) is 0.813. The van der Waals surface area contributed by atoms with Gasteiger partial charge in [0.25, 0.3) is 0 Å². The Bertz CT molecular complexity index is 535. The normalized spacial score (nSPS) is 10.9. The molecule has 0 aliphatic rings. The van der Waals surface area contributed by atoms with Crippen molar-refractivity contribution >= 4 is 34.5 Å². The van der Waals surface area contributed by atoms with Crippen LogP contribution in [0.1, 0.15) is 12.6 Å². The predicted molar refractivity (Wildman–Crippen MR) is 57.4 cm³/mol. The summed E-state index contributed by atoms with van der Waals surface area (Å²) in [7, 11) is 0. The van der Waals surface area contributed by atoms with Crippen molar-refractivity contribution in [3.8, 4) is 0 Å². The maximum atomic E-state index is 11.0. The van der Waals surface area contributed by atoms with Crippen LogP contribution < -0.4 is 0 Å². The number of rotatable bonds is 2. The lowest BCUT2D eigenvalue weighted by Gasteiger charge is -2.00. The third-order valence-corrected chi connectivity index (χ3v) is 2.39. The van der Waals surface area contributed by atoms with Crippen LogP contribution in [0.2, 0.25) is 10.4 Å². The van der Waals surface area contributed by atoms with E-state index in [4.69, 9.17) is 23.2 Å². The Morgan fingerprint density at radius 3 is 2.87 bits per heavy atom. The molecule has 0 amide bonds. The molecular formula is C9H7Cl2N3O. The first kappa shape index (κ1) is 10.4. The Labute approximate surface area is 95.8 Å². The molecule has 0 atom stereocenters. The molecule has 4 nitrogen and oxygen atoms in total. The maximum Gasteiger partial charge on any atom is 0.242 e. The molecule has 0 aromatic carbocycles. The van der Waals surface area contributed by atoms with Crippen LogP contribution in [0.4, 0.5) is 0 Å². The van der Waals surface area contributed by atoms with Gasteiger partial charge in [0, 0.05) is 6.42 Å². The van der Waals surface area contributed by atoms with E-state index in [0.29, 0.717) is 11.9 Å². The third-order valence-electron chi connectivity index (χ3n) is 1.95. The standard InChI is InChI=1S/C9H7Cl2N3O/c1-5(15)4-6-2-3-7-8(10)12-9(11)13-14(6)7/h2-3H,4H2,1H3. The molecule has 0 bridgehead atoms. The Morgan fingerprint density at radius 1 is 1.47 bits per heavy atom. The number of hydrogen-bond donors (Lipinski definition) is 0. The molecule has 2 aromatic heterocycles. The second kappa shape index (κ2) is 3.79. The van der Waals surface area contributed by atoms with Gasteiger partial charge in [-0.2, -0.15) is 0 Å². The topological polar surface area (TPSA) is 47.3 Å². The summed E-state index contributed by atoms with van der Waals surface area (Å²) in [6, 6.07) is 3.55. The lowest BCUT2D eigenvalue weighted by molar-refractivity contribution is -0.116. The summed E-state index contributed by atoms with van der Waals surface area (Å²) < 4.78 is 1.54. The average molecular weight is 244 g/mol. The van der Waals surface area contributed by atoms with E-state index in [2.05, 4.69) is 10.1 Å². The van der Waals surface area contributed by atoms with Gasteiger partial charge in [0.1, 0.15) is 11.3 Å². The van der Waals surface area contributed by atoms with Crippen LogP contribution in [0, 0.1) is 0 Å². The van der Waals surface area contributed by atoms with Crippen molar-refractivity contribution in [1.29, 1.82) is 0 Å². The van der Waals surface area contributed by atoms with Gasteiger partial charge < -0.3 is 0 Å². The second-order valence-corrected chi connectivity index (χ2v) is 3.87. The largest absolute Gasteiger partial charge is 0.300 e. The van der Waals surface area contributed by atoms with E-state index >= 15 is 0 Å². The van der Waals surface area contributed by atoms with Crippen molar-refractivity contribution in [3.63, 3.8) is 0 Å². The van der Waals surface area contributed by atoms with E-state index in [1.54, 1.807) is 16.6 Å². The summed E-state index contributed by atoms with van der Waals surface area (Å²) in [5, 5.41) is 4.33. The van der Waals surface area contributed by atoms with Crippen LogP contribution in [-0.2, 0) is 11.2 Å². The molecule has 0 spiro atoms. The minimum Gasteiger partial charge on any atom is -0.300 e. The molecule has 0 saturated carbocycles. The minimum atomic E-state index is 0.0563. The fraction of sp³-hybridized carbons (Fsp3) is 0.222. The van der Waals surface area contributed by atoms with Gasteiger partial charge in [-0.05, 0) is 30.7 Å². The second-order valence-electron chi connectivity index (χ2n) is 3.17. The first-order chi connectivity index (χ1) is 7.08. The van der Waals surface area contributed by atoms with Gasteiger partial charge in [0.2, 0.25) is 5.28 Å². The van der Waals surface area contributed by atoms with Crippen LogP contribution >= 0.6 is 23.2 Å². The summed E-state index contributed by atoms with van der Waals surface area (Å²) in [5.41, 5.74) is 1.40. The molecule has 6 heteroatoms. The monoisotopic (exact) mass is 243 g/mol. The van der Waals surface area contributed by atoms with Gasteiger partial charge in [0.05, 0.1) is 5.69 Å². The van der Waals surface area contributed by atoms with Crippen molar-refractivity contribution in [2.45, 2.75) is 13.3 Å². The molecular weight excluding hydrogens is 237 g/mol. The van der Waals surface area contributed by atoms with E-state index in [1.807, 2.05) is 0 Å². The van der Waals surface area contributed by atoms with Crippen molar-refractivity contribution < 1.29 is 4.79 Å². The number of halogens is 2. The summed E-state index contributed by atoms with van der Waals surface area (Å²) >= 11 is 11.5. The molecule has 78 valence electrons. The fourth-order valence-electron chi connectivity index (χ4n) is 1.38. The molecule has 2 heterocycles. The van der Waals surface area contributed by atoms with Crippen molar-refractivity contribution in [2.24, 2.45) is 0 Å². The SMILES string of the molecule is CC(=O)Cc1ccc2c(Cl)nc(Cl)nn12. The molecule has 0 radical (unpaired) electrons. The minimum absolute atomic E-state index is 0.0563. The molecule has 15 heavy (non-hydrogen) atoms. The average Bonchev–Trinajstić information content (AvgIpc) is 2.48. The number of fused-ring (bicyclic) bond motifs is 1. The molecule has 2 aromatic rings. The van der Waals surface area contributed by atoms with Gasteiger partial charge in [-0.3, -0.25) is 4.79 Å². The highest BCUT2D eigenvalue weighted by molar-refractivity contribution is 6.34. The molecule has 0 aliphatic carbocycles. The van der Waals surface area contributed by atoms with E-state index in [9.17, 15) is 4.79 Å². The van der Waals surface area contributed by atoms with Gasteiger partial charge in [-0.1, -0.05) is 11.6 Å². The summed E-state index contributed by atoms with van der Waals surface area (Å²) in [6.45, 7) is 1.52.